The van der Waals surface area contributed by atoms with Gasteiger partial charge in [-0.1, -0.05) is 18.1 Å². The Balaban J connectivity index is 1.76. The summed E-state index contributed by atoms with van der Waals surface area (Å²) in [6.45, 7) is 5.33. The number of benzene rings is 1. The van der Waals surface area contributed by atoms with Gasteiger partial charge in [0.15, 0.2) is 5.60 Å². The molecule has 0 bridgehead atoms. The van der Waals surface area contributed by atoms with Gasteiger partial charge in [-0.3, -0.25) is 9.59 Å². The summed E-state index contributed by atoms with van der Waals surface area (Å²) in [7, 11) is 0. The van der Waals surface area contributed by atoms with Gasteiger partial charge in [-0.05, 0) is 38.5 Å². The van der Waals surface area contributed by atoms with Crippen LogP contribution in [0.2, 0.25) is 0 Å². The maximum absolute atomic E-state index is 12.5. The number of nitrogens with one attached hydrogen (secondary N) is 1. The van der Waals surface area contributed by atoms with Crippen molar-refractivity contribution >= 4 is 23.2 Å². The van der Waals surface area contributed by atoms with Crippen LogP contribution in [0.25, 0.3) is 0 Å². The molecular formula is C18H20N4O4. The number of amides is 2. The molecule has 1 aliphatic rings. The molecule has 8 nitrogen and oxygen atoms in total. The third kappa shape index (κ3) is 3.11. The maximum atomic E-state index is 12.5. The average Bonchev–Trinajstić information content (AvgIpc) is 3.16. The van der Waals surface area contributed by atoms with E-state index >= 15 is 0 Å². The molecule has 0 spiro atoms. The van der Waals surface area contributed by atoms with Gasteiger partial charge in [0.05, 0.1) is 17.9 Å². The Labute approximate surface area is 150 Å². The number of rotatable bonds is 5. The highest BCUT2D eigenvalue weighted by Gasteiger charge is 2.46. The quantitative estimate of drug-likeness (QED) is 0.849. The van der Waals surface area contributed by atoms with Crippen molar-refractivity contribution in [2.24, 2.45) is 5.10 Å². The van der Waals surface area contributed by atoms with E-state index in [0.717, 1.165) is 5.01 Å². The summed E-state index contributed by atoms with van der Waals surface area (Å²) in [4.78, 5) is 24.9. The molecule has 1 atom stereocenters. The number of hydrogen-bond donors (Lipinski definition) is 2. The van der Waals surface area contributed by atoms with E-state index in [4.69, 9.17) is 4.52 Å². The van der Waals surface area contributed by atoms with E-state index in [1.54, 1.807) is 51.1 Å². The molecule has 8 heteroatoms. The van der Waals surface area contributed by atoms with Crippen molar-refractivity contribution in [1.29, 1.82) is 0 Å². The third-order valence-corrected chi connectivity index (χ3v) is 4.37. The summed E-state index contributed by atoms with van der Waals surface area (Å²) < 4.78 is 4.96. The number of nitrogens with zero attached hydrogens (tertiary/aromatic N) is 3. The van der Waals surface area contributed by atoms with Gasteiger partial charge in [0.25, 0.3) is 11.8 Å². The van der Waals surface area contributed by atoms with Crippen molar-refractivity contribution in [3.05, 3.63) is 47.3 Å². The summed E-state index contributed by atoms with van der Waals surface area (Å²) in [6.07, 6.45) is 0.231. The van der Waals surface area contributed by atoms with Crippen LogP contribution in [-0.4, -0.2) is 33.4 Å². The van der Waals surface area contributed by atoms with Gasteiger partial charge in [0.2, 0.25) is 0 Å². The van der Waals surface area contributed by atoms with Gasteiger partial charge in [-0.25, -0.2) is 0 Å². The minimum absolute atomic E-state index is 0.231. The highest BCUT2D eigenvalue weighted by molar-refractivity contribution is 6.21. The van der Waals surface area contributed by atoms with Crippen LogP contribution in [0.5, 0.6) is 0 Å². The van der Waals surface area contributed by atoms with E-state index in [2.05, 4.69) is 15.6 Å². The fourth-order valence-corrected chi connectivity index (χ4v) is 2.74. The first-order chi connectivity index (χ1) is 12.3. The van der Waals surface area contributed by atoms with Crippen LogP contribution >= 0.6 is 0 Å². The first-order valence-corrected chi connectivity index (χ1v) is 8.28. The first-order valence-electron chi connectivity index (χ1n) is 8.28. The monoisotopic (exact) mass is 356 g/mol. The molecule has 2 heterocycles. The van der Waals surface area contributed by atoms with Crippen LogP contribution < -0.4 is 10.3 Å². The Morgan fingerprint density at radius 1 is 1.35 bits per heavy atom. The predicted molar refractivity (Wildman–Crippen MR) is 94.7 cm³/mol. The number of carbonyl (C=O) groups excluding carboxylic acids is 2. The lowest BCUT2D eigenvalue weighted by atomic mass is 9.95. The zero-order valence-electron chi connectivity index (χ0n) is 14.8. The van der Waals surface area contributed by atoms with Crippen LogP contribution in [-0.2, 0) is 11.3 Å². The van der Waals surface area contributed by atoms with Gasteiger partial charge in [-0.2, -0.15) is 10.1 Å². The summed E-state index contributed by atoms with van der Waals surface area (Å²) in [6, 6.07) is 8.25. The molecule has 1 aliphatic heterocycles. The van der Waals surface area contributed by atoms with Gasteiger partial charge < -0.3 is 14.9 Å². The second-order valence-electron chi connectivity index (χ2n) is 6.18. The lowest BCUT2D eigenvalue weighted by Gasteiger charge is -2.20. The Hall–Kier alpha value is -3.00. The average molecular weight is 356 g/mol. The van der Waals surface area contributed by atoms with E-state index in [1.807, 2.05) is 0 Å². The molecule has 0 saturated heterocycles. The third-order valence-electron chi connectivity index (χ3n) is 4.37. The first kappa shape index (κ1) is 17.8. The van der Waals surface area contributed by atoms with Gasteiger partial charge >= 0.3 is 0 Å². The van der Waals surface area contributed by atoms with Crippen LogP contribution in [0.3, 0.4) is 0 Å². The SMILES string of the molecule is CCC1(O)C(=O)N(c2cccc(C(=O)NCc3cc(C)on3)c2)N=C1C. The highest BCUT2D eigenvalue weighted by Crippen LogP contribution is 2.29. The molecule has 2 aromatic rings. The van der Waals surface area contributed by atoms with Crippen LogP contribution in [0.15, 0.2) is 40.0 Å². The summed E-state index contributed by atoms with van der Waals surface area (Å²) in [5.41, 5.74) is 0.151. The Bertz CT molecular complexity index is 889. The second kappa shape index (κ2) is 6.72. The van der Waals surface area contributed by atoms with Crippen molar-refractivity contribution in [2.75, 3.05) is 5.01 Å². The molecule has 1 unspecified atom stereocenters. The minimum atomic E-state index is -1.59. The molecule has 2 N–H and O–H groups in total. The lowest BCUT2D eigenvalue weighted by molar-refractivity contribution is -0.129. The van der Waals surface area contributed by atoms with E-state index < -0.39 is 11.5 Å². The lowest BCUT2D eigenvalue weighted by Crippen LogP contribution is -2.45. The normalized spacial score (nSPS) is 19.6. The number of aryl methyl sites for hydroxylation is 1. The fraction of sp³-hybridized carbons (Fsp3) is 0.333. The number of aliphatic hydroxyl groups is 1. The van der Waals surface area contributed by atoms with E-state index in [1.165, 1.54) is 0 Å². The molecule has 136 valence electrons. The maximum Gasteiger partial charge on any atom is 0.285 e. The smallest absolute Gasteiger partial charge is 0.285 e. The predicted octanol–water partition coefficient (Wildman–Crippen LogP) is 1.78. The van der Waals surface area contributed by atoms with Crippen molar-refractivity contribution in [1.82, 2.24) is 10.5 Å². The van der Waals surface area contributed by atoms with E-state index in [9.17, 15) is 14.7 Å². The Morgan fingerprint density at radius 3 is 2.73 bits per heavy atom. The molecule has 1 aromatic carbocycles. The topological polar surface area (TPSA) is 108 Å². The number of anilines is 1. The number of hydrazone groups is 1. The number of hydrogen-bond acceptors (Lipinski definition) is 6. The van der Waals surface area contributed by atoms with E-state index in [-0.39, 0.29) is 18.9 Å². The molecular weight excluding hydrogens is 336 g/mol. The van der Waals surface area contributed by atoms with Crippen LogP contribution in [0.1, 0.15) is 42.1 Å². The fourth-order valence-electron chi connectivity index (χ4n) is 2.74. The van der Waals surface area contributed by atoms with Crippen molar-refractivity contribution < 1.29 is 19.2 Å². The van der Waals surface area contributed by atoms with Crippen LogP contribution in [0.4, 0.5) is 5.69 Å². The summed E-state index contributed by atoms with van der Waals surface area (Å²) >= 11 is 0. The van der Waals surface area contributed by atoms with Crippen molar-refractivity contribution in [3.63, 3.8) is 0 Å². The van der Waals surface area contributed by atoms with Gasteiger partial charge in [0.1, 0.15) is 11.5 Å². The zero-order valence-corrected chi connectivity index (χ0v) is 14.8. The summed E-state index contributed by atoms with van der Waals surface area (Å²) in [5.74, 6) is -0.167. The zero-order chi connectivity index (χ0) is 18.9. The van der Waals surface area contributed by atoms with Crippen molar-refractivity contribution in [3.8, 4) is 0 Å². The van der Waals surface area contributed by atoms with Gasteiger partial charge in [0, 0.05) is 11.6 Å². The van der Waals surface area contributed by atoms with Crippen molar-refractivity contribution in [2.45, 2.75) is 39.3 Å². The Kier molecular flexibility index (Phi) is 4.60. The largest absolute Gasteiger partial charge is 0.374 e. The molecule has 26 heavy (non-hydrogen) atoms. The molecule has 0 saturated carbocycles. The molecule has 3 rings (SSSR count). The molecule has 2 amide bonds. The Morgan fingerprint density at radius 2 is 2.12 bits per heavy atom. The molecule has 0 radical (unpaired) electrons. The summed E-state index contributed by atoms with van der Waals surface area (Å²) in [5, 5.41) is 22.3. The standard InChI is InChI=1S/C18H20N4O4/c1-4-18(25)12(3)20-22(17(18)24)15-7-5-6-13(9-15)16(23)19-10-14-8-11(2)26-21-14/h5-9,25H,4,10H2,1-3H3,(H,19,23). The van der Waals surface area contributed by atoms with E-state index in [0.29, 0.717) is 28.4 Å². The highest BCUT2D eigenvalue weighted by atomic mass is 16.5. The van der Waals surface area contributed by atoms with Gasteiger partial charge in [-0.15, -0.1) is 0 Å². The minimum Gasteiger partial charge on any atom is -0.374 e. The molecule has 1 aromatic heterocycles. The molecule has 0 aliphatic carbocycles. The second-order valence-corrected chi connectivity index (χ2v) is 6.18. The number of carbonyl (C=O) groups is 2. The van der Waals surface area contributed by atoms with Crippen LogP contribution in [0, 0.1) is 6.92 Å². The number of aromatic nitrogens is 1. The molecule has 0 fully saturated rings.